The number of amides is 2. The van der Waals surface area contributed by atoms with E-state index in [0.717, 1.165) is 25.7 Å². The molecule has 2 saturated carbocycles. The molecule has 20 heavy (non-hydrogen) atoms. The van der Waals surface area contributed by atoms with E-state index in [0.29, 0.717) is 10.5 Å². The van der Waals surface area contributed by atoms with Crippen LogP contribution < -0.4 is 9.44 Å². The molecule has 0 radical (unpaired) electrons. The monoisotopic (exact) mass is 316 g/mol. The molecule has 0 spiro atoms. The highest BCUT2D eigenvalue weighted by Gasteiger charge is 2.20. The minimum absolute atomic E-state index is 0.478. The molecule has 2 aliphatic carbocycles. The zero-order valence-electron chi connectivity index (χ0n) is 11.9. The van der Waals surface area contributed by atoms with Gasteiger partial charge in [-0.25, -0.2) is 0 Å². The van der Waals surface area contributed by atoms with Crippen LogP contribution in [0.15, 0.2) is 0 Å². The van der Waals surface area contributed by atoms with Gasteiger partial charge in [0.05, 0.1) is 0 Å². The van der Waals surface area contributed by atoms with Crippen molar-refractivity contribution in [2.75, 3.05) is 0 Å². The molecule has 0 aromatic carbocycles. The molecule has 2 aliphatic rings. The van der Waals surface area contributed by atoms with Gasteiger partial charge in [-0.2, -0.15) is 0 Å². The molecule has 0 unspecified atom stereocenters. The third-order valence-electron chi connectivity index (χ3n) is 3.95. The van der Waals surface area contributed by atoms with Crippen molar-refractivity contribution in [3.05, 3.63) is 0 Å². The van der Waals surface area contributed by atoms with Crippen molar-refractivity contribution in [3.8, 4) is 0 Å². The lowest BCUT2D eigenvalue weighted by molar-refractivity contribution is -0.136. The zero-order valence-corrected chi connectivity index (χ0v) is 13.5. The summed E-state index contributed by atoms with van der Waals surface area (Å²) < 4.78 is 5.38. The molecule has 0 aromatic rings. The molecule has 2 fully saturated rings. The summed E-state index contributed by atoms with van der Waals surface area (Å²) >= 11 is 2.85. The van der Waals surface area contributed by atoms with E-state index < -0.39 is 11.8 Å². The Kier molecular flexibility index (Phi) is 7.07. The fourth-order valence-electron chi connectivity index (χ4n) is 2.73. The Morgan fingerprint density at radius 3 is 1.35 bits per heavy atom. The van der Waals surface area contributed by atoms with E-state index in [-0.39, 0.29) is 0 Å². The molecule has 0 atom stereocenters. The van der Waals surface area contributed by atoms with Gasteiger partial charge in [0, 0.05) is 10.5 Å². The van der Waals surface area contributed by atoms with Gasteiger partial charge in [-0.05, 0) is 49.6 Å². The molecular formula is C14H24N2O2S2. The first-order valence-electron chi connectivity index (χ1n) is 7.67. The molecular weight excluding hydrogens is 292 g/mol. The first kappa shape index (κ1) is 16.0. The third-order valence-corrected chi connectivity index (χ3v) is 6.16. The number of rotatable bonds is 4. The fourth-order valence-corrected chi connectivity index (χ4v) is 4.60. The maximum atomic E-state index is 11.7. The predicted molar refractivity (Wildman–Crippen MR) is 85.2 cm³/mol. The summed E-state index contributed by atoms with van der Waals surface area (Å²) in [5.74, 6) is -1.02. The quantitative estimate of drug-likeness (QED) is 0.618. The van der Waals surface area contributed by atoms with Crippen LogP contribution >= 0.6 is 23.9 Å². The van der Waals surface area contributed by atoms with Crippen LogP contribution in [0.2, 0.25) is 0 Å². The standard InChI is InChI=1S/C14H24N2O2S2/c17-13(15-19-11-7-3-1-4-8-11)14(18)16-20-12-9-5-2-6-10-12/h11-12H,1-10H2,(H,15,17)(H,16,18). The largest absolute Gasteiger partial charge is 0.320 e. The molecule has 0 heterocycles. The van der Waals surface area contributed by atoms with Crippen molar-refractivity contribution in [2.45, 2.75) is 74.7 Å². The maximum Gasteiger partial charge on any atom is 0.320 e. The summed E-state index contributed by atoms with van der Waals surface area (Å²) in [6.45, 7) is 0. The van der Waals surface area contributed by atoms with Gasteiger partial charge in [0.1, 0.15) is 0 Å². The van der Waals surface area contributed by atoms with Gasteiger partial charge in [-0.1, -0.05) is 38.5 Å². The molecule has 6 heteroatoms. The number of nitrogens with one attached hydrogen (secondary N) is 2. The summed E-state index contributed by atoms with van der Waals surface area (Å²) in [5, 5.41) is 0.956. The van der Waals surface area contributed by atoms with Gasteiger partial charge in [0.25, 0.3) is 0 Å². The number of carbonyl (C=O) groups is 2. The lowest BCUT2D eigenvalue weighted by Gasteiger charge is -2.21. The van der Waals surface area contributed by atoms with Gasteiger partial charge in [0.2, 0.25) is 0 Å². The molecule has 0 aliphatic heterocycles. The summed E-state index contributed by atoms with van der Waals surface area (Å²) in [6.07, 6.45) is 12.1. The highest BCUT2D eigenvalue weighted by Crippen LogP contribution is 2.27. The van der Waals surface area contributed by atoms with Gasteiger partial charge in [-0.3, -0.25) is 19.0 Å². The van der Waals surface area contributed by atoms with Crippen molar-refractivity contribution in [1.82, 2.24) is 9.44 Å². The van der Waals surface area contributed by atoms with Crippen molar-refractivity contribution >= 4 is 35.7 Å². The lowest BCUT2D eigenvalue weighted by atomic mass is 10.0. The summed E-state index contributed by atoms with van der Waals surface area (Å²) in [5.41, 5.74) is 0. The Hall–Kier alpha value is -0.360. The second kappa shape index (κ2) is 8.82. The number of hydrogen-bond donors (Lipinski definition) is 2. The first-order valence-corrected chi connectivity index (χ1v) is 9.43. The molecule has 4 nitrogen and oxygen atoms in total. The Balaban J connectivity index is 1.59. The third kappa shape index (κ3) is 5.56. The van der Waals surface area contributed by atoms with E-state index in [4.69, 9.17) is 0 Å². The topological polar surface area (TPSA) is 58.2 Å². The zero-order chi connectivity index (χ0) is 14.2. The Bertz CT molecular complexity index is 295. The smallest absolute Gasteiger partial charge is 0.292 e. The van der Waals surface area contributed by atoms with E-state index in [9.17, 15) is 9.59 Å². The number of carbonyl (C=O) groups excluding carboxylic acids is 2. The van der Waals surface area contributed by atoms with Gasteiger partial charge in [-0.15, -0.1) is 0 Å². The van der Waals surface area contributed by atoms with E-state index >= 15 is 0 Å². The van der Waals surface area contributed by atoms with Crippen LogP contribution in [-0.4, -0.2) is 22.3 Å². The molecule has 0 aromatic heterocycles. The van der Waals surface area contributed by atoms with E-state index in [1.807, 2.05) is 0 Å². The molecule has 114 valence electrons. The predicted octanol–water partition coefficient (Wildman–Crippen LogP) is 3.18. The minimum Gasteiger partial charge on any atom is -0.292 e. The second-order valence-electron chi connectivity index (χ2n) is 5.62. The maximum absolute atomic E-state index is 11.7. The average Bonchev–Trinajstić information content (AvgIpc) is 2.52. The van der Waals surface area contributed by atoms with Crippen molar-refractivity contribution in [2.24, 2.45) is 0 Å². The first-order chi connectivity index (χ1) is 9.75. The number of hydrogen-bond acceptors (Lipinski definition) is 4. The highest BCUT2D eigenvalue weighted by molar-refractivity contribution is 7.99. The molecule has 2 rings (SSSR count). The average molecular weight is 316 g/mol. The van der Waals surface area contributed by atoms with Crippen LogP contribution in [0, 0.1) is 0 Å². The fraction of sp³-hybridized carbons (Fsp3) is 0.857. The molecule has 2 amide bonds. The molecule has 2 N–H and O–H groups in total. The second-order valence-corrected chi connectivity index (χ2v) is 7.83. The highest BCUT2D eigenvalue weighted by atomic mass is 32.2. The van der Waals surface area contributed by atoms with Crippen LogP contribution in [0.1, 0.15) is 64.2 Å². The Labute approximate surface area is 129 Å². The molecule has 0 saturated heterocycles. The normalized spacial score (nSPS) is 21.4. The van der Waals surface area contributed by atoms with Crippen LogP contribution in [-0.2, 0) is 9.59 Å². The SMILES string of the molecule is O=C(NSC1CCCCC1)C(=O)NSC1CCCCC1. The van der Waals surface area contributed by atoms with Gasteiger partial charge < -0.3 is 0 Å². The van der Waals surface area contributed by atoms with E-state index in [1.54, 1.807) is 0 Å². The summed E-state index contributed by atoms with van der Waals surface area (Å²) in [6, 6.07) is 0. The Morgan fingerprint density at radius 2 is 1.00 bits per heavy atom. The lowest BCUT2D eigenvalue weighted by Crippen LogP contribution is -2.36. The van der Waals surface area contributed by atoms with Crippen LogP contribution in [0.4, 0.5) is 0 Å². The van der Waals surface area contributed by atoms with Crippen LogP contribution in [0.3, 0.4) is 0 Å². The van der Waals surface area contributed by atoms with Crippen LogP contribution in [0.5, 0.6) is 0 Å². The van der Waals surface area contributed by atoms with Crippen molar-refractivity contribution < 1.29 is 9.59 Å². The van der Waals surface area contributed by atoms with Gasteiger partial charge >= 0.3 is 11.8 Å². The van der Waals surface area contributed by atoms with Crippen LogP contribution in [0.25, 0.3) is 0 Å². The Morgan fingerprint density at radius 1 is 0.650 bits per heavy atom. The molecule has 0 bridgehead atoms. The van der Waals surface area contributed by atoms with E-state index in [2.05, 4.69) is 9.44 Å². The minimum atomic E-state index is -0.510. The van der Waals surface area contributed by atoms with E-state index in [1.165, 1.54) is 62.4 Å². The summed E-state index contributed by atoms with van der Waals surface area (Å²) in [7, 11) is 0. The van der Waals surface area contributed by atoms with Gasteiger partial charge in [0.15, 0.2) is 0 Å². The summed E-state index contributed by atoms with van der Waals surface area (Å²) in [4.78, 5) is 23.4. The van der Waals surface area contributed by atoms with Crippen molar-refractivity contribution in [1.29, 1.82) is 0 Å². The van der Waals surface area contributed by atoms with Crippen molar-refractivity contribution in [3.63, 3.8) is 0 Å².